The fourth-order valence-electron chi connectivity index (χ4n) is 3.10. The van der Waals surface area contributed by atoms with E-state index in [0.717, 1.165) is 5.56 Å². The monoisotopic (exact) mass is 439 g/mol. The Morgan fingerprint density at radius 3 is 2.71 bits per heavy atom. The number of carbonyl (C=O) groups excluding carboxylic acids is 1. The van der Waals surface area contributed by atoms with Gasteiger partial charge in [-0.15, -0.1) is 0 Å². The normalized spacial score (nSPS) is 13.6. The van der Waals surface area contributed by atoms with Crippen molar-refractivity contribution in [2.45, 2.75) is 24.4 Å². The van der Waals surface area contributed by atoms with Crippen LogP contribution in [0.3, 0.4) is 0 Å². The maximum Gasteiger partial charge on any atom is 0.251 e. The van der Waals surface area contributed by atoms with Crippen LogP contribution in [-0.4, -0.2) is 26.1 Å². The molecule has 0 bridgehead atoms. The quantitative estimate of drug-likeness (QED) is 0.586. The zero-order valence-corrected chi connectivity index (χ0v) is 17.6. The molecule has 0 fully saturated rings. The Balaban J connectivity index is 1.44. The molecule has 1 aliphatic heterocycles. The van der Waals surface area contributed by atoms with E-state index in [4.69, 9.17) is 9.47 Å². The van der Waals surface area contributed by atoms with Crippen LogP contribution < -0.4 is 19.5 Å². The standard InChI is InChI=1S/C22H21N3O5S/c1-15(19-7-2-3-10-23-19)25-22(26)17-5-4-6-18(12-17)31(27,28)24-13-16-8-9-20-21(11-16)30-14-29-20/h2-12,15,24H,13-14H2,1H3,(H,25,26)/t15-/m1/s1. The van der Waals surface area contributed by atoms with Crippen LogP contribution in [0.15, 0.2) is 71.8 Å². The van der Waals surface area contributed by atoms with Crippen LogP contribution in [-0.2, 0) is 16.6 Å². The van der Waals surface area contributed by atoms with Crippen molar-refractivity contribution in [3.05, 3.63) is 83.7 Å². The molecule has 9 heteroatoms. The minimum absolute atomic E-state index is 0.00591. The van der Waals surface area contributed by atoms with Gasteiger partial charge in [0.05, 0.1) is 16.6 Å². The number of sulfonamides is 1. The van der Waals surface area contributed by atoms with E-state index >= 15 is 0 Å². The Morgan fingerprint density at radius 2 is 1.90 bits per heavy atom. The summed E-state index contributed by atoms with van der Waals surface area (Å²) in [6, 6.07) is 16.2. The second-order valence-electron chi connectivity index (χ2n) is 6.99. The van der Waals surface area contributed by atoms with E-state index < -0.39 is 10.0 Å². The van der Waals surface area contributed by atoms with Gasteiger partial charge in [-0.1, -0.05) is 18.2 Å². The van der Waals surface area contributed by atoms with Crippen LogP contribution >= 0.6 is 0 Å². The van der Waals surface area contributed by atoms with E-state index in [-0.39, 0.29) is 35.7 Å². The molecule has 1 atom stereocenters. The maximum atomic E-state index is 12.7. The van der Waals surface area contributed by atoms with Crippen LogP contribution in [0, 0.1) is 0 Å². The lowest BCUT2D eigenvalue weighted by molar-refractivity contribution is 0.0939. The first-order valence-electron chi connectivity index (χ1n) is 9.62. The number of carbonyl (C=O) groups is 1. The van der Waals surface area contributed by atoms with Gasteiger partial charge in [0.1, 0.15) is 0 Å². The first-order chi connectivity index (χ1) is 14.9. The van der Waals surface area contributed by atoms with Crippen molar-refractivity contribution in [1.29, 1.82) is 0 Å². The number of nitrogens with zero attached hydrogens (tertiary/aromatic N) is 1. The van der Waals surface area contributed by atoms with Gasteiger partial charge in [0.2, 0.25) is 16.8 Å². The summed E-state index contributed by atoms with van der Waals surface area (Å²) < 4.78 is 38.6. The molecule has 0 radical (unpaired) electrons. The first-order valence-corrected chi connectivity index (χ1v) is 11.1. The lowest BCUT2D eigenvalue weighted by Gasteiger charge is -2.14. The highest BCUT2D eigenvalue weighted by Crippen LogP contribution is 2.32. The van der Waals surface area contributed by atoms with Gasteiger partial charge >= 0.3 is 0 Å². The number of pyridine rings is 1. The Morgan fingerprint density at radius 1 is 1.06 bits per heavy atom. The van der Waals surface area contributed by atoms with Crippen molar-refractivity contribution < 1.29 is 22.7 Å². The Bertz CT molecular complexity index is 1200. The smallest absolute Gasteiger partial charge is 0.251 e. The van der Waals surface area contributed by atoms with Crippen LogP contribution in [0.4, 0.5) is 0 Å². The van der Waals surface area contributed by atoms with Gasteiger partial charge in [0.25, 0.3) is 5.91 Å². The number of hydrogen-bond acceptors (Lipinski definition) is 6. The molecule has 0 spiro atoms. The number of benzene rings is 2. The second kappa shape index (κ2) is 8.75. The van der Waals surface area contributed by atoms with E-state index in [1.54, 1.807) is 36.5 Å². The van der Waals surface area contributed by atoms with Gasteiger partial charge in [0, 0.05) is 18.3 Å². The topological polar surface area (TPSA) is 107 Å². The van der Waals surface area contributed by atoms with Crippen molar-refractivity contribution in [3.8, 4) is 11.5 Å². The molecule has 0 aliphatic carbocycles. The molecule has 0 saturated carbocycles. The minimum Gasteiger partial charge on any atom is -0.454 e. The number of amides is 1. The van der Waals surface area contributed by atoms with Crippen LogP contribution in [0.25, 0.3) is 0 Å². The van der Waals surface area contributed by atoms with Crippen LogP contribution in [0.5, 0.6) is 11.5 Å². The van der Waals surface area contributed by atoms with Crippen molar-refractivity contribution >= 4 is 15.9 Å². The number of fused-ring (bicyclic) bond motifs is 1. The van der Waals surface area contributed by atoms with E-state index in [0.29, 0.717) is 17.2 Å². The summed E-state index contributed by atoms with van der Waals surface area (Å²) in [5.41, 5.74) is 1.68. The van der Waals surface area contributed by atoms with Crippen molar-refractivity contribution in [2.24, 2.45) is 0 Å². The lowest BCUT2D eigenvalue weighted by Crippen LogP contribution is -2.28. The average molecular weight is 439 g/mol. The van der Waals surface area contributed by atoms with Gasteiger partial charge in [-0.2, -0.15) is 0 Å². The molecule has 160 valence electrons. The molecule has 2 aromatic carbocycles. The summed E-state index contributed by atoms with van der Waals surface area (Å²) in [6.45, 7) is 2.04. The number of aromatic nitrogens is 1. The lowest BCUT2D eigenvalue weighted by atomic mass is 10.1. The zero-order valence-electron chi connectivity index (χ0n) is 16.7. The first kappa shape index (κ1) is 20.8. The third-order valence-electron chi connectivity index (χ3n) is 4.79. The van der Waals surface area contributed by atoms with Crippen molar-refractivity contribution in [3.63, 3.8) is 0 Å². The minimum atomic E-state index is -3.82. The van der Waals surface area contributed by atoms with Crippen LogP contribution in [0.2, 0.25) is 0 Å². The second-order valence-corrected chi connectivity index (χ2v) is 8.76. The molecule has 1 aromatic heterocycles. The van der Waals surface area contributed by atoms with Gasteiger partial charge in [-0.3, -0.25) is 9.78 Å². The highest BCUT2D eigenvalue weighted by atomic mass is 32.2. The summed E-state index contributed by atoms with van der Waals surface area (Å²) in [4.78, 5) is 16.8. The third-order valence-corrected chi connectivity index (χ3v) is 6.19. The summed E-state index contributed by atoms with van der Waals surface area (Å²) in [7, 11) is -3.82. The van der Waals surface area contributed by atoms with E-state index in [1.165, 1.54) is 18.2 Å². The Labute approximate surface area is 180 Å². The summed E-state index contributed by atoms with van der Waals surface area (Å²) in [5, 5.41) is 2.83. The highest BCUT2D eigenvalue weighted by molar-refractivity contribution is 7.89. The molecular formula is C22H21N3O5S. The molecule has 3 aromatic rings. The predicted octanol–water partition coefficient (Wildman–Crippen LogP) is 2.78. The zero-order chi connectivity index (χ0) is 21.8. The molecule has 1 aliphatic rings. The van der Waals surface area contributed by atoms with E-state index in [1.807, 2.05) is 19.1 Å². The number of hydrogen-bond donors (Lipinski definition) is 2. The van der Waals surface area contributed by atoms with Crippen molar-refractivity contribution in [1.82, 2.24) is 15.0 Å². The summed E-state index contributed by atoms with van der Waals surface area (Å²) in [5.74, 6) is 0.827. The van der Waals surface area contributed by atoms with E-state index in [9.17, 15) is 13.2 Å². The molecular weight excluding hydrogens is 418 g/mol. The molecule has 2 heterocycles. The highest BCUT2D eigenvalue weighted by Gasteiger charge is 2.19. The van der Waals surface area contributed by atoms with E-state index in [2.05, 4.69) is 15.0 Å². The maximum absolute atomic E-state index is 12.7. The van der Waals surface area contributed by atoms with Gasteiger partial charge < -0.3 is 14.8 Å². The molecule has 31 heavy (non-hydrogen) atoms. The molecule has 1 amide bonds. The predicted molar refractivity (Wildman–Crippen MR) is 113 cm³/mol. The summed E-state index contributed by atoms with van der Waals surface area (Å²) in [6.07, 6.45) is 1.65. The SMILES string of the molecule is C[C@@H](NC(=O)c1cccc(S(=O)(=O)NCc2ccc3c(c2)OCO3)c1)c1ccccn1. The molecule has 8 nitrogen and oxygen atoms in total. The van der Waals surface area contributed by atoms with Gasteiger partial charge in [-0.05, 0) is 55.0 Å². The Hall–Kier alpha value is -3.43. The molecule has 0 unspecified atom stereocenters. The van der Waals surface area contributed by atoms with Crippen LogP contribution in [0.1, 0.15) is 34.6 Å². The largest absolute Gasteiger partial charge is 0.454 e. The number of nitrogens with one attached hydrogen (secondary N) is 2. The number of rotatable bonds is 7. The number of ether oxygens (including phenoxy) is 2. The van der Waals surface area contributed by atoms with Crippen molar-refractivity contribution in [2.75, 3.05) is 6.79 Å². The average Bonchev–Trinajstić information content (AvgIpc) is 3.26. The summed E-state index contributed by atoms with van der Waals surface area (Å²) >= 11 is 0. The Kier molecular flexibility index (Phi) is 5.88. The molecule has 4 rings (SSSR count). The third kappa shape index (κ3) is 4.84. The van der Waals surface area contributed by atoms with Gasteiger partial charge in [0.15, 0.2) is 11.5 Å². The fourth-order valence-corrected chi connectivity index (χ4v) is 4.17. The molecule has 2 N–H and O–H groups in total. The fraction of sp³-hybridized carbons (Fsp3) is 0.182. The van der Waals surface area contributed by atoms with Gasteiger partial charge in [-0.25, -0.2) is 13.1 Å². The molecule has 0 saturated heterocycles.